The maximum atomic E-state index is 13.6. The standard InChI is InChI=1S/C11H13F13O4Si/c1-25-29(26-2,27-3)28-7(16)9(19,20)11(23,24)10(21,22)8(17,18)5(13)4(12)6(14)15/h4-7H,1-3H3. The van der Waals surface area contributed by atoms with Crippen LogP contribution in [-0.2, 0) is 17.7 Å². The predicted molar refractivity (Wildman–Crippen MR) is 68.3 cm³/mol. The van der Waals surface area contributed by atoms with Gasteiger partial charge < -0.3 is 17.7 Å². The summed E-state index contributed by atoms with van der Waals surface area (Å²) in [5, 5.41) is 0. The van der Waals surface area contributed by atoms with Gasteiger partial charge in [0, 0.05) is 21.3 Å². The van der Waals surface area contributed by atoms with E-state index in [4.69, 9.17) is 0 Å². The first-order chi connectivity index (χ1) is 12.8. The fourth-order valence-corrected chi connectivity index (χ4v) is 2.85. The first kappa shape index (κ1) is 28.1. The van der Waals surface area contributed by atoms with Crippen LogP contribution in [0, 0.1) is 0 Å². The van der Waals surface area contributed by atoms with Gasteiger partial charge in [0.05, 0.1) is 0 Å². The minimum Gasteiger partial charge on any atom is -0.355 e. The van der Waals surface area contributed by atoms with E-state index >= 15 is 0 Å². The van der Waals surface area contributed by atoms with Gasteiger partial charge in [0.25, 0.3) is 12.8 Å². The molecule has 3 atom stereocenters. The molecule has 0 amide bonds. The molecule has 0 aliphatic carbocycles. The average Bonchev–Trinajstić information content (AvgIpc) is 2.63. The number of hydrogen-bond donors (Lipinski definition) is 0. The molecule has 0 heterocycles. The molecule has 0 aromatic heterocycles. The van der Waals surface area contributed by atoms with E-state index in [1.807, 2.05) is 0 Å². The summed E-state index contributed by atoms with van der Waals surface area (Å²) in [7, 11) is -3.30. The highest BCUT2D eigenvalue weighted by Gasteiger charge is 2.85. The minimum absolute atomic E-state index is 0.560. The zero-order valence-electron chi connectivity index (χ0n) is 14.4. The van der Waals surface area contributed by atoms with Crippen LogP contribution in [0.3, 0.4) is 0 Å². The van der Waals surface area contributed by atoms with E-state index in [0.717, 1.165) is 0 Å². The summed E-state index contributed by atoms with van der Waals surface area (Å²) >= 11 is 0. The second-order valence-electron chi connectivity index (χ2n) is 5.12. The lowest BCUT2D eigenvalue weighted by Gasteiger charge is -2.39. The van der Waals surface area contributed by atoms with Gasteiger partial charge >= 0.3 is 32.7 Å². The average molecular weight is 484 g/mol. The van der Waals surface area contributed by atoms with Crippen molar-refractivity contribution >= 4 is 9.05 Å². The zero-order valence-corrected chi connectivity index (χ0v) is 15.4. The Labute approximate surface area is 155 Å². The van der Waals surface area contributed by atoms with Crippen LogP contribution >= 0.6 is 0 Å². The van der Waals surface area contributed by atoms with Crippen LogP contribution in [0.25, 0.3) is 0 Å². The topological polar surface area (TPSA) is 36.9 Å². The molecule has 0 aromatic rings. The van der Waals surface area contributed by atoms with Gasteiger partial charge in [-0.3, -0.25) is 0 Å². The number of rotatable bonds is 12. The van der Waals surface area contributed by atoms with Crippen LogP contribution in [0.4, 0.5) is 57.1 Å². The molecule has 0 rings (SSSR count). The second-order valence-corrected chi connectivity index (χ2v) is 7.58. The van der Waals surface area contributed by atoms with Crippen molar-refractivity contribution in [2.45, 2.75) is 48.8 Å². The van der Waals surface area contributed by atoms with Crippen LogP contribution in [0.1, 0.15) is 0 Å². The molecule has 4 nitrogen and oxygen atoms in total. The van der Waals surface area contributed by atoms with Crippen molar-refractivity contribution in [2.75, 3.05) is 21.3 Å². The van der Waals surface area contributed by atoms with E-state index in [-0.39, 0.29) is 0 Å². The highest BCUT2D eigenvalue weighted by molar-refractivity contribution is 6.53. The van der Waals surface area contributed by atoms with Crippen molar-refractivity contribution in [3.63, 3.8) is 0 Å². The van der Waals surface area contributed by atoms with Crippen LogP contribution in [0.15, 0.2) is 0 Å². The van der Waals surface area contributed by atoms with E-state index in [9.17, 15) is 57.1 Å². The molecular weight excluding hydrogens is 471 g/mol. The van der Waals surface area contributed by atoms with E-state index in [2.05, 4.69) is 17.7 Å². The van der Waals surface area contributed by atoms with Crippen LogP contribution in [-0.4, -0.2) is 79.2 Å². The highest BCUT2D eigenvalue weighted by Crippen LogP contribution is 2.56. The Kier molecular flexibility index (Phi) is 8.84. The van der Waals surface area contributed by atoms with E-state index in [0.29, 0.717) is 21.3 Å². The Morgan fingerprint density at radius 3 is 1.28 bits per heavy atom. The van der Waals surface area contributed by atoms with Crippen molar-refractivity contribution in [3.8, 4) is 0 Å². The zero-order chi connectivity index (χ0) is 23.6. The number of halogens is 13. The maximum Gasteiger partial charge on any atom is 0.681 e. The predicted octanol–water partition coefficient (Wildman–Crippen LogP) is 4.16. The van der Waals surface area contributed by atoms with E-state index in [1.54, 1.807) is 0 Å². The molecule has 3 unspecified atom stereocenters. The van der Waals surface area contributed by atoms with E-state index < -0.39 is 57.9 Å². The van der Waals surface area contributed by atoms with Crippen LogP contribution in [0.5, 0.6) is 0 Å². The summed E-state index contributed by atoms with van der Waals surface area (Å²) in [4.78, 5) is 0. The number of hydrogen-bond acceptors (Lipinski definition) is 4. The maximum absolute atomic E-state index is 13.6. The molecule has 0 aromatic carbocycles. The smallest absolute Gasteiger partial charge is 0.355 e. The fraction of sp³-hybridized carbons (Fsp3) is 1.00. The van der Waals surface area contributed by atoms with E-state index in [1.165, 1.54) is 0 Å². The van der Waals surface area contributed by atoms with Gasteiger partial charge in [-0.2, -0.15) is 35.1 Å². The fourth-order valence-electron chi connectivity index (χ4n) is 1.66. The van der Waals surface area contributed by atoms with Gasteiger partial charge in [0.2, 0.25) is 6.17 Å². The van der Waals surface area contributed by atoms with Crippen LogP contribution < -0.4 is 0 Å². The molecule has 0 saturated heterocycles. The van der Waals surface area contributed by atoms with Crippen molar-refractivity contribution in [1.82, 2.24) is 0 Å². The molecular formula is C11H13F13O4Si. The monoisotopic (exact) mass is 484 g/mol. The molecule has 0 fully saturated rings. The van der Waals surface area contributed by atoms with Gasteiger partial charge in [-0.25, -0.2) is 22.0 Å². The summed E-state index contributed by atoms with van der Waals surface area (Å²) in [6.07, 6.45) is -19.7. The van der Waals surface area contributed by atoms with Gasteiger partial charge in [-0.05, 0) is 0 Å². The molecule has 0 aliphatic heterocycles. The molecule has 0 radical (unpaired) electrons. The first-order valence-electron chi connectivity index (χ1n) is 6.87. The molecule has 0 aliphatic rings. The first-order valence-corrected chi connectivity index (χ1v) is 8.51. The van der Waals surface area contributed by atoms with Crippen molar-refractivity contribution < 1.29 is 74.8 Å². The van der Waals surface area contributed by atoms with Gasteiger partial charge in [0.1, 0.15) is 0 Å². The van der Waals surface area contributed by atoms with Crippen molar-refractivity contribution in [2.24, 2.45) is 0 Å². The molecule has 0 N–H and O–H groups in total. The van der Waals surface area contributed by atoms with Gasteiger partial charge in [0.15, 0.2) is 6.17 Å². The normalized spacial score (nSPS) is 18.1. The molecule has 176 valence electrons. The summed E-state index contributed by atoms with van der Waals surface area (Å²) in [6.45, 7) is 0. The molecule has 0 saturated carbocycles. The van der Waals surface area contributed by atoms with Crippen molar-refractivity contribution in [3.05, 3.63) is 0 Å². The summed E-state index contributed by atoms with van der Waals surface area (Å²) in [5.74, 6) is -29.1. The quantitative estimate of drug-likeness (QED) is 0.308. The number of alkyl halides is 13. The Morgan fingerprint density at radius 2 is 0.966 bits per heavy atom. The molecule has 0 spiro atoms. The Hall–Kier alpha value is -0.853. The molecule has 0 bridgehead atoms. The SMILES string of the molecule is CO[Si](OC)(OC)OC(F)C(F)(F)C(F)(F)C(F)(F)C(F)(F)C(F)C(F)C(F)F. The third-order valence-electron chi connectivity index (χ3n) is 3.38. The van der Waals surface area contributed by atoms with Gasteiger partial charge in [-0.15, -0.1) is 0 Å². The lowest BCUT2D eigenvalue weighted by atomic mass is 9.94. The largest absolute Gasteiger partial charge is 0.681 e. The van der Waals surface area contributed by atoms with Crippen LogP contribution in [0.2, 0.25) is 0 Å². The Morgan fingerprint density at radius 1 is 0.621 bits per heavy atom. The van der Waals surface area contributed by atoms with Crippen molar-refractivity contribution in [1.29, 1.82) is 0 Å². The Bertz CT molecular complexity index is 523. The molecule has 29 heavy (non-hydrogen) atoms. The highest BCUT2D eigenvalue weighted by atomic mass is 28.4. The van der Waals surface area contributed by atoms with Gasteiger partial charge in [-0.1, -0.05) is 0 Å². The lowest BCUT2D eigenvalue weighted by molar-refractivity contribution is -0.399. The lowest BCUT2D eigenvalue weighted by Crippen LogP contribution is -2.69. The third kappa shape index (κ3) is 4.75. The second kappa shape index (κ2) is 9.11. The Balaban J connectivity index is 6.08. The summed E-state index contributed by atoms with van der Waals surface area (Å²) in [6, 6.07) is 0. The minimum atomic E-state index is -7.58. The third-order valence-corrected chi connectivity index (χ3v) is 5.38. The summed E-state index contributed by atoms with van der Waals surface area (Å²) < 4.78 is 187. The molecule has 18 heteroatoms. The summed E-state index contributed by atoms with van der Waals surface area (Å²) in [5.41, 5.74) is 0.